The SMILES string of the molecule is COc1ccc2nccc([C@@H](F)CC[C@@H]3CCN(CCCSc4c(Cl)cccc4Cl)C[C@@H]3C(=O)O)c2c1. The number of pyridine rings is 1. The second kappa shape index (κ2) is 13.1. The minimum Gasteiger partial charge on any atom is -0.497 e. The van der Waals surface area contributed by atoms with Crippen molar-refractivity contribution in [2.45, 2.75) is 36.8 Å². The van der Waals surface area contributed by atoms with Crippen LogP contribution in [0.4, 0.5) is 4.39 Å². The highest BCUT2D eigenvalue weighted by Crippen LogP contribution is 2.36. The predicted molar refractivity (Wildman–Crippen MR) is 149 cm³/mol. The Morgan fingerprint density at radius 3 is 2.78 bits per heavy atom. The third kappa shape index (κ3) is 7.08. The van der Waals surface area contributed by atoms with Gasteiger partial charge in [0.15, 0.2) is 0 Å². The van der Waals surface area contributed by atoms with Crippen LogP contribution in [0, 0.1) is 11.8 Å². The van der Waals surface area contributed by atoms with Crippen molar-refractivity contribution in [1.82, 2.24) is 9.88 Å². The molecule has 9 heteroatoms. The second-order valence-electron chi connectivity index (χ2n) is 9.38. The summed E-state index contributed by atoms with van der Waals surface area (Å²) in [5.41, 5.74) is 1.29. The van der Waals surface area contributed by atoms with Crippen molar-refractivity contribution >= 4 is 51.8 Å². The van der Waals surface area contributed by atoms with Gasteiger partial charge in [0.2, 0.25) is 0 Å². The number of hydrogen-bond acceptors (Lipinski definition) is 5. The molecule has 1 aromatic heterocycles. The third-order valence-corrected chi connectivity index (χ3v) is 9.13. The number of ether oxygens (including phenoxy) is 1. The van der Waals surface area contributed by atoms with Gasteiger partial charge in [0, 0.05) is 23.0 Å². The van der Waals surface area contributed by atoms with Crippen LogP contribution in [0.5, 0.6) is 5.75 Å². The van der Waals surface area contributed by atoms with Crippen LogP contribution in [0.25, 0.3) is 10.9 Å². The van der Waals surface area contributed by atoms with Gasteiger partial charge in [-0.25, -0.2) is 4.39 Å². The molecule has 0 saturated carbocycles. The summed E-state index contributed by atoms with van der Waals surface area (Å²) in [4.78, 5) is 19.5. The first-order valence-electron chi connectivity index (χ1n) is 12.5. The summed E-state index contributed by atoms with van der Waals surface area (Å²) in [7, 11) is 1.58. The monoisotopic (exact) mass is 564 g/mol. The van der Waals surface area contributed by atoms with E-state index in [2.05, 4.69) is 9.88 Å². The van der Waals surface area contributed by atoms with Crippen LogP contribution in [0.2, 0.25) is 10.0 Å². The summed E-state index contributed by atoms with van der Waals surface area (Å²) in [5.74, 6) is 0.142. The number of likely N-dealkylation sites (tertiary alicyclic amines) is 1. The van der Waals surface area contributed by atoms with Crippen molar-refractivity contribution < 1.29 is 19.0 Å². The predicted octanol–water partition coefficient (Wildman–Crippen LogP) is 7.55. The average molecular weight is 566 g/mol. The molecule has 0 bridgehead atoms. The van der Waals surface area contributed by atoms with Crippen LogP contribution in [0.3, 0.4) is 0 Å². The zero-order chi connectivity index (χ0) is 26.4. The van der Waals surface area contributed by atoms with Gasteiger partial charge in [-0.05, 0) is 92.4 Å². The number of thioether (sulfide) groups is 1. The number of aliphatic carboxylic acids is 1. The molecule has 1 N–H and O–H groups in total. The molecule has 0 unspecified atom stereocenters. The highest BCUT2D eigenvalue weighted by molar-refractivity contribution is 7.99. The molecule has 4 rings (SSSR count). The Morgan fingerprint density at radius 1 is 1.27 bits per heavy atom. The number of nitrogens with zero attached hydrogens (tertiary/aromatic N) is 2. The molecule has 0 spiro atoms. The Labute approximate surface area is 231 Å². The Balaban J connectivity index is 1.30. The number of aromatic nitrogens is 1. The molecule has 3 aromatic rings. The minimum absolute atomic E-state index is 0.0501. The number of rotatable bonds is 11. The van der Waals surface area contributed by atoms with E-state index in [9.17, 15) is 9.90 Å². The van der Waals surface area contributed by atoms with E-state index in [0.717, 1.165) is 42.0 Å². The standard InChI is InChI=1S/C28H31Cl2FN2O3S/c1-36-19-7-9-26-21(16-19)20(10-12-32-26)25(31)8-6-18-11-14-33(17-22(18)28(34)35)13-3-15-37-27-23(29)4-2-5-24(27)30/h2,4-5,7,9-10,12,16,18,22,25H,3,6,8,11,13-15,17H2,1H3,(H,34,35)/t18-,22+,25+/m1/s1. The van der Waals surface area contributed by atoms with Crippen molar-refractivity contribution in [2.75, 3.05) is 32.5 Å². The van der Waals surface area contributed by atoms with E-state index in [1.807, 2.05) is 30.3 Å². The summed E-state index contributed by atoms with van der Waals surface area (Å²) in [6, 6.07) is 12.6. The normalized spacial score (nSPS) is 19.1. The highest BCUT2D eigenvalue weighted by atomic mass is 35.5. The van der Waals surface area contributed by atoms with Gasteiger partial charge in [0.25, 0.3) is 0 Å². The van der Waals surface area contributed by atoms with E-state index in [1.165, 1.54) is 0 Å². The zero-order valence-electron chi connectivity index (χ0n) is 20.7. The van der Waals surface area contributed by atoms with Crippen molar-refractivity contribution in [3.63, 3.8) is 0 Å². The quantitative estimate of drug-likeness (QED) is 0.191. The molecule has 198 valence electrons. The van der Waals surface area contributed by atoms with Gasteiger partial charge in [0.1, 0.15) is 11.9 Å². The Bertz CT molecular complexity index is 1210. The van der Waals surface area contributed by atoms with Crippen LogP contribution in [-0.4, -0.2) is 53.5 Å². The molecule has 1 aliphatic heterocycles. The van der Waals surface area contributed by atoms with Crippen LogP contribution >= 0.6 is 35.0 Å². The van der Waals surface area contributed by atoms with Crippen molar-refractivity contribution in [3.8, 4) is 5.75 Å². The Hall–Kier alpha value is -2.06. The summed E-state index contributed by atoms with van der Waals surface area (Å²) >= 11 is 14.1. The number of alkyl halides is 1. The molecule has 1 fully saturated rings. The molecular formula is C28H31Cl2FN2O3S. The van der Waals surface area contributed by atoms with Crippen molar-refractivity contribution in [3.05, 3.63) is 64.3 Å². The fourth-order valence-electron chi connectivity index (χ4n) is 5.04. The summed E-state index contributed by atoms with van der Waals surface area (Å²) in [6.45, 7) is 2.12. The molecule has 2 heterocycles. The maximum atomic E-state index is 15.4. The minimum atomic E-state index is -1.20. The zero-order valence-corrected chi connectivity index (χ0v) is 23.0. The first-order valence-corrected chi connectivity index (χ1v) is 14.2. The average Bonchev–Trinajstić information content (AvgIpc) is 2.90. The molecule has 0 aliphatic carbocycles. The highest BCUT2D eigenvalue weighted by Gasteiger charge is 2.34. The van der Waals surface area contributed by atoms with E-state index >= 15 is 4.39 Å². The summed E-state index contributed by atoms with van der Waals surface area (Å²) < 4.78 is 20.7. The number of piperidine rings is 1. The van der Waals surface area contributed by atoms with Crippen molar-refractivity contribution in [2.24, 2.45) is 11.8 Å². The molecule has 37 heavy (non-hydrogen) atoms. The molecule has 1 aliphatic rings. The fraction of sp³-hybridized carbons (Fsp3) is 0.429. The Morgan fingerprint density at radius 2 is 2.05 bits per heavy atom. The van der Waals surface area contributed by atoms with E-state index < -0.39 is 18.1 Å². The molecular weight excluding hydrogens is 534 g/mol. The van der Waals surface area contributed by atoms with E-state index in [-0.39, 0.29) is 12.3 Å². The van der Waals surface area contributed by atoms with Gasteiger partial charge in [-0.3, -0.25) is 9.78 Å². The van der Waals surface area contributed by atoms with Gasteiger partial charge in [-0.15, -0.1) is 11.8 Å². The maximum absolute atomic E-state index is 15.4. The van der Waals surface area contributed by atoms with Gasteiger partial charge < -0.3 is 14.7 Å². The molecule has 5 nitrogen and oxygen atoms in total. The first kappa shape index (κ1) is 28.0. The lowest BCUT2D eigenvalue weighted by Gasteiger charge is -2.36. The largest absolute Gasteiger partial charge is 0.497 e. The maximum Gasteiger partial charge on any atom is 0.308 e. The van der Waals surface area contributed by atoms with Gasteiger partial charge in [0.05, 0.1) is 28.6 Å². The van der Waals surface area contributed by atoms with Crippen LogP contribution in [0.15, 0.2) is 53.6 Å². The molecule has 2 aromatic carbocycles. The number of carboxylic acids is 1. The second-order valence-corrected chi connectivity index (χ2v) is 11.3. The topological polar surface area (TPSA) is 62.7 Å². The third-order valence-electron chi connectivity index (χ3n) is 7.05. The summed E-state index contributed by atoms with van der Waals surface area (Å²) in [6.07, 6.45) is 2.87. The molecule has 1 saturated heterocycles. The smallest absolute Gasteiger partial charge is 0.308 e. The Kier molecular flexibility index (Phi) is 9.93. The van der Waals surface area contributed by atoms with Crippen molar-refractivity contribution in [1.29, 1.82) is 0 Å². The number of methoxy groups -OCH3 is 1. The van der Waals surface area contributed by atoms with Gasteiger partial charge >= 0.3 is 5.97 Å². The fourth-order valence-corrected chi connectivity index (χ4v) is 6.66. The van der Waals surface area contributed by atoms with E-state index in [1.54, 1.807) is 37.2 Å². The molecule has 0 amide bonds. The van der Waals surface area contributed by atoms with E-state index in [4.69, 9.17) is 27.9 Å². The lowest BCUT2D eigenvalue weighted by Crippen LogP contribution is -2.44. The lowest BCUT2D eigenvalue weighted by atomic mass is 9.81. The van der Waals surface area contributed by atoms with Crippen LogP contribution in [-0.2, 0) is 4.79 Å². The molecule has 3 atom stereocenters. The van der Waals surface area contributed by atoms with Gasteiger partial charge in [-0.2, -0.15) is 0 Å². The van der Waals surface area contributed by atoms with Crippen LogP contribution in [0.1, 0.15) is 37.4 Å². The molecule has 0 radical (unpaired) electrons. The first-order chi connectivity index (χ1) is 17.9. The van der Waals surface area contributed by atoms with Crippen LogP contribution < -0.4 is 4.74 Å². The number of fused-ring (bicyclic) bond motifs is 1. The summed E-state index contributed by atoms with van der Waals surface area (Å²) in [5, 5.41) is 11.9. The number of benzene rings is 2. The number of hydrogen-bond donors (Lipinski definition) is 1. The van der Waals surface area contributed by atoms with Gasteiger partial charge in [-0.1, -0.05) is 29.3 Å². The number of carbonyl (C=O) groups is 1. The lowest BCUT2D eigenvalue weighted by molar-refractivity contribution is -0.146. The number of carboxylic acid groups (broad SMARTS) is 1. The number of halogens is 3. The van der Waals surface area contributed by atoms with E-state index in [0.29, 0.717) is 39.8 Å².